The summed E-state index contributed by atoms with van der Waals surface area (Å²) in [4.78, 5) is 18.5. The first kappa shape index (κ1) is 14.9. The molecule has 0 radical (unpaired) electrons. The Bertz CT molecular complexity index is 553. The van der Waals surface area contributed by atoms with Crippen molar-refractivity contribution in [3.63, 3.8) is 0 Å². The molecule has 1 saturated carbocycles. The molecule has 3 aliphatic rings. The van der Waals surface area contributed by atoms with Crippen LogP contribution in [0.15, 0.2) is 24.4 Å². The maximum atomic E-state index is 12.3. The van der Waals surface area contributed by atoms with Gasteiger partial charge in [0, 0.05) is 24.8 Å². The summed E-state index contributed by atoms with van der Waals surface area (Å²) in [7, 11) is 0. The van der Waals surface area contributed by atoms with Gasteiger partial charge in [0.15, 0.2) is 0 Å². The second-order valence-corrected chi connectivity index (χ2v) is 7.03. The molecule has 1 aromatic heterocycles. The van der Waals surface area contributed by atoms with Crippen LogP contribution in [0.2, 0.25) is 0 Å². The van der Waals surface area contributed by atoms with Crippen LogP contribution in [0.1, 0.15) is 32.1 Å². The predicted molar refractivity (Wildman–Crippen MR) is 85.1 cm³/mol. The first-order chi connectivity index (χ1) is 11.3. The van der Waals surface area contributed by atoms with E-state index < -0.39 is 0 Å². The highest BCUT2D eigenvalue weighted by Crippen LogP contribution is 2.43. The van der Waals surface area contributed by atoms with Crippen molar-refractivity contribution < 1.29 is 14.3 Å². The number of ether oxygens (including phenoxy) is 2. The van der Waals surface area contributed by atoms with Crippen molar-refractivity contribution in [2.45, 2.75) is 37.7 Å². The minimum absolute atomic E-state index is 0.104. The van der Waals surface area contributed by atoms with Gasteiger partial charge in [-0.1, -0.05) is 12.5 Å². The van der Waals surface area contributed by atoms with E-state index in [1.165, 1.54) is 6.42 Å². The first-order valence-electron chi connectivity index (χ1n) is 8.73. The standard InChI is InChI=1S/C18H24N2O3/c21-17(14-4-3-5-14)20-12-18(13-20)15(8-11-23-18)7-10-22-16-6-1-2-9-19-16/h1-2,6,9,14-15H,3-5,7-8,10-13H2/t15-/m1/s1. The number of carbonyl (C=O) groups is 1. The number of pyridine rings is 1. The zero-order valence-corrected chi connectivity index (χ0v) is 13.4. The zero-order chi connectivity index (χ0) is 15.7. The van der Waals surface area contributed by atoms with Crippen LogP contribution in [0.25, 0.3) is 0 Å². The summed E-state index contributed by atoms with van der Waals surface area (Å²) < 4.78 is 11.8. The summed E-state index contributed by atoms with van der Waals surface area (Å²) in [5.74, 6) is 1.80. The molecule has 5 nitrogen and oxygen atoms in total. The van der Waals surface area contributed by atoms with E-state index in [2.05, 4.69) is 4.98 Å². The quantitative estimate of drug-likeness (QED) is 0.836. The molecule has 1 aliphatic carbocycles. The molecule has 5 heteroatoms. The number of aromatic nitrogens is 1. The maximum absolute atomic E-state index is 12.3. The van der Waals surface area contributed by atoms with Gasteiger partial charge in [0.25, 0.3) is 0 Å². The lowest BCUT2D eigenvalue weighted by Gasteiger charge is -2.51. The minimum Gasteiger partial charge on any atom is -0.478 e. The summed E-state index contributed by atoms with van der Waals surface area (Å²) in [5, 5.41) is 0. The van der Waals surface area contributed by atoms with Crippen LogP contribution in [-0.4, -0.2) is 47.7 Å². The van der Waals surface area contributed by atoms with E-state index in [1.807, 2.05) is 23.1 Å². The Kier molecular flexibility index (Phi) is 3.97. The van der Waals surface area contributed by atoms with Gasteiger partial charge in [-0.3, -0.25) is 4.79 Å². The lowest BCUT2D eigenvalue weighted by atomic mass is 9.77. The van der Waals surface area contributed by atoms with Crippen molar-refractivity contribution in [2.75, 3.05) is 26.3 Å². The van der Waals surface area contributed by atoms with Crippen LogP contribution in [0.4, 0.5) is 0 Å². The Morgan fingerprint density at radius 2 is 2.22 bits per heavy atom. The van der Waals surface area contributed by atoms with Crippen LogP contribution in [0, 0.1) is 11.8 Å². The fourth-order valence-corrected chi connectivity index (χ4v) is 3.95. The van der Waals surface area contributed by atoms with E-state index in [-0.39, 0.29) is 5.60 Å². The average molecular weight is 316 g/mol. The minimum atomic E-state index is -0.104. The SMILES string of the molecule is O=C(C1CCC1)N1CC2(C1)OCC[C@H]2CCOc1ccccn1. The number of hydrogen-bond donors (Lipinski definition) is 0. The molecule has 1 aromatic rings. The van der Waals surface area contributed by atoms with Gasteiger partial charge in [0.1, 0.15) is 5.60 Å². The predicted octanol–water partition coefficient (Wildman–Crippen LogP) is 2.27. The molecule has 1 atom stereocenters. The molecule has 0 aromatic carbocycles. The van der Waals surface area contributed by atoms with Crippen molar-refractivity contribution in [3.05, 3.63) is 24.4 Å². The summed E-state index contributed by atoms with van der Waals surface area (Å²) in [5.41, 5.74) is -0.104. The van der Waals surface area contributed by atoms with E-state index in [4.69, 9.17) is 9.47 Å². The molecule has 2 saturated heterocycles. The molecule has 3 heterocycles. The third-order valence-corrected chi connectivity index (χ3v) is 5.64. The Morgan fingerprint density at radius 3 is 2.91 bits per heavy atom. The first-order valence-corrected chi connectivity index (χ1v) is 8.73. The summed E-state index contributed by atoms with van der Waals surface area (Å²) in [6.45, 7) is 3.01. The van der Waals surface area contributed by atoms with Crippen molar-refractivity contribution in [1.82, 2.24) is 9.88 Å². The third kappa shape index (κ3) is 2.82. The van der Waals surface area contributed by atoms with Gasteiger partial charge in [-0.15, -0.1) is 0 Å². The summed E-state index contributed by atoms with van der Waals surface area (Å²) in [6, 6.07) is 5.69. The van der Waals surface area contributed by atoms with Gasteiger partial charge >= 0.3 is 0 Å². The number of carbonyl (C=O) groups excluding carboxylic acids is 1. The van der Waals surface area contributed by atoms with Crippen molar-refractivity contribution in [2.24, 2.45) is 11.8 Å². The number of amides is 1. The highest BCUT2D eigenvalue weighted by atomic mass is 16.5. The number of nitrogens with zero attached hydrogens (tertiary/aromatic N) is 2. The Hall–Kier alpha value is -1.62. The van der Waals surface area contributed by atoms with E-state index in [0.717, 1.165) is 45.4 Å². The molecule has 2 aliphatic heterocycles. The maximum Gasteiger partial charge on any atom is 0.225 e. The molecule has 0 unspecified atom stereocenters. The lowest BCUT2D eigenvalue weighted by molar-refractivity contribution is -0.171. The average Bonchev–Trinajstić information content (AvgIpc) is 2.89. The normalized spacial score (nSPS) is 25.9. The second-order valence-electron chi connectivity index (χ2n) is 7.03. The molecular weight excluding hydrogens is 292 g/mol. The Labute approximate surface area is 137 Å². The van der Waals surface area contributed by atoms with E-state index in [0.29, 0.717) is 30.2 Å². The summed E-state index contributed by atoms with van der Waals surface area (Å²) in [6.07, 6.45) is 7.12. The van der Waals surface area contributed by atoms with Crippen molar-refractivity contribution in [1.29, 1.82) is 0 Å². The van der Waals surface area contributed by atoms with E-state index >= 15 is 0 Å². The molecule has 0 N–H and O–H groups in total. The third-order valence-electron chi connectivity index (χ3n) is 5.64. The van der Waals surface area contributed by atoms with Gasteiger partial charge in [-0.25, -0.2) is 4.98 Å². The van der Waals surface area contributed by atoms with Gasteiger partial charge in [-0.05, 0) is 37.7 Å². The number of rotatable bonds is 5. The fraction of sp³-hybridized carbons (Fsp3) is 0.667. The van der Waals surface area contributed by atoms with Gasteiger partial charge in [-0.2, -0.15) is 0 Å². The number of hydrogen-bond acceptors (Lipinski definition) is 4. The molecule has 4 rings (SSSR count). The van der Waals surface area contributed by atoms with Crippen LogP contribution < -0.4 is 4.74 Å². The smallest absolute Gasteiger partial charge is 0.225 e. The van der Waals surface area contributed by atoms with Crippen molar-refractivity contribution in [3.8, 4) is 5.88 Å². The molecule has 1 spiro atoms. The van der Waals surface area contributed by atoms with Gasteiger partial charge < -0.3 is 14.4 Å². The molecule has 1 amide bonds. The molecule has 0 bridgehead atoms. The largest absolute Gasteiger partial charge is 0.478 e. The highest BCUT2D eigenvalue weighted by molar-refractivity contribution is 5.80. The molecule has 124 valence electrons. The molecular formula is C18H24N2O3. The highest BCUT2D eigenvalue weighted by Gasteiger charge is 2.54. The monoisotopic (exact) mass is 316 g/mol. The van der Waals surface area contributed by atoms with Crippen LogP contribution in [0.3, 0.4) is 0 Å². The van der Waals surface area contributed by atoms with Crippen LogP contribution in [0.5, 0.6) is 5.88 Å². The van der Waals surface area contributed by atoms with Crippen molar-refractivity contribution >= 4 is 5.91 Å². The van der Waals surface area contributed by atoms with Gasteiger partial charge in [0.2, 0.25) is 11.8 Å². The van der Waals surface area contributed by atoms with E-state index in [1.54, 1.807) is 6.20 Å². The second kappa shape index (κ2) is 6.11. The number of likely N-dealkylation sites (tertiary alicyclic amines) is 1. The zero-order valence-electron chi connectivity index (χ0n) is 13.4. The molecule has 3 fully saturated rings. The lowest BCUT2D eigenvalue weighted by Crippen LogP contribution is -2.67. The van der Waals surface area contributed by atoms with E-state index in [9.17, 15) is 4.79 Å². The van der Waals surface area contributed by atoms with Crippen LogP contribution >= 0.6 is 0 Å². The Morgan fingerprint density at radius 1 is 1.35 bits per heavy atom. The molecule has 23 heavy (non-hydrogen) atoms. The summed E-state index contributed by atoms with van der Waals surface area (Å²) >= 11 is 0. The topological polar surface area (TPSA) is 51.7 Å². The Balaban J connectivity index is 1.27. The van der Waals surface area contributed by atoms with Crippen LogP contribution in [-0.2, 0) is 9.53 Å². The fourth-order valence-electron chi connectivity index (χ4n) is 3.95. The van der Waals surface area contributed by atoms with Gasteiger partial charge in [0.05, 0.1) is 19.7 Å².